The summed E-state index contributed by atoms with van der Waals surface area (Å²) in [6.45, 7) is 6.87. The van der Waals surface area contributed by atoms with Gasteiger partial charge in [-0.2, -0.15) is 0 Å². The molecule has 5 heteroatoms. The predicted octanol–water partition coefficient (Wildman–Crippen LogP) is 3.93. The number of hydrogen-bond donors (Lipinski definition) is 1. The monoisotopic (exact) mass is 265 g/mol. The summed E-state index contributed by atoms with van der Waals surface area (Å²) in [4.78, 5) is 14.7. The number of pyridine rings is 1. The fourth-order valence-electron chi connectivity index (χ4n) is 2.01. The largest absolute Gasteiger partial charge is 0.364 e. The molecule has 1 aromatic rings. The van der Waals surface area contributed by atoms with Crippen LogP contribution in [0.25, 0.3) is 0 Å². The molecule has 1 unspecified atom stereocenters. The van der Waals surface area contributed by atoms with E-state index in [1.165, 1.54) is 12.8 Å². The molecule has 0 amide bonds. The molecule has 1 N–H and O–H groups in total. The lowest BCUT2D eigenvalue weighted by atomic mass is 9.99. The Morgan fingerprint density at radius 3 is 2.79 bits per heavy atom. The summed E-state index contributed by atoms with van der Waals surface area (Å²) in [6.07, 6.45) is 6.26. The molecule has 19 heavy (non-hydrogen) atoms. The minimum atomic E-state index is -0.380. The van der Waals surface area contributed by atoms with Gasteiger partial charge in [0.25, 0.3) is 0 Å². The average molecular weight is 265 g/mol. The first-order valence-corrected chi connectivity index (χ1v) is 6.93. The van der Waals surface area contributed by atoms with Gasteiger partial charge in [0.2, 0.25) is 5.82 Å². The van der Waals surface area contributed by atoms with Gasteiger partial charge >= 0.3 is 5.69 Å². The zero-order chi connectivity index (χ0) is 14.3. The van der Waals surface area contributed by atoms with E-state index in [0.29, 0.717) is 11.7 Å². The Labute approximate surface area is 114 Å². The Bertz CT molecular complexity index is 421. The first kappa shape index (κ1) is 15.4. The van der Waals surface area contributed by atoms with Crippen LogP contribution in [0.15, 0.2) is 12.3 Å². The smallest absolute Gasteiger partial charge is 0.311 e. The second-order valence-corrected chi connectivity index (χ2v) is 4.93. The van der Waals surface area contributed by atoms with E-state index in [-0.39, 0.29) is 10.6 Å². The van der Waals surface area contributed by atoms with E-state index in [2.05, 4.69) is 24.1 Å². The van der Waals surface area contributed by atoms with Gasteiger partial charge in [-0.15, -0.1) is 0 Å². The number of aromatic nitrogens is 1. The Hall–Kier alpha value is -1.65. The highest BCUT2D eigenvalue weighted by atomic mass is 16.6. The summed E-state index contributed by atoms with van der Waals surface area (Å²) in [6, 6.07) is 1.56. The van der Waals surface area contributed by atoms with Gasteiger partial charge in [0, 0.05) is 18.8 Å². The molecule has 5 nitrogen and oxygen atoms in total. The van der Waals surface area contributed by atoms with Crippen molar-refractivity contribution in [3.63, 3.8) is 0 Å². The van der Waals surface area contributed by atoms with Gasteiger partial charge in [-0.3, -0.25) is 10.1 Å². The normalized spacial score (nSPS) is 12.2. The third kappa shape index (κ3) is 4.85. The van der Waals surface area contributed by atoms with Crippen molar-refractivity contribution in [2.75, 3.05) is 11.9 Å². The lowest BCUT2D eigenvalue weighted by Gasteiger charge is -2.15. The van der Waals surface area contributed by atoms with Crippen molar-refractivity contribution < 1.29 is 4.92 Å². The summed E-state index contributed by atoms with van der Waals surface area (Å²) < 4.78 is 0. The van der Waals surface area contributed by atoms with E-state index in [1.807, 2.05) is 0 Å². The number of rotatable bonds is 8. The number of nitrogens with zero attached hydrogens (tertiary/aromatic N) is 2. The summed E-state index contributed by atoms with van der Waals surface area (Å²) in [5.41, 5.74) is 0.862. The Kier molecular flexibility index (Phi) is 6.25. The SMILES string of the molecule is CCCCC(CC)CNc1ncc(C)cc1[N+](=O)[O-]. The van der Waals surface area contributed by atoms with Crippen LogP contribution in [0.2, 0.25) is 0 Å². The van der Waals surface area contributed by atoms with E-state index >= 15 is 0 Å². The van der Waals surface area contributed by atoms with Crippen LogP contribution in [0.3, 0.4) is 0 Å². The van der Waals surface area contributed by atoms with Crippen LogP contribution in [0.1, 0.15) is 45.1 Å². The van der Waals surface area contributed by atoms with Crippen LogP contribution >= 0.6 is 0 Å². The van der Waals surface area contributed by atoms with Gasteiger partial charge in [-0.25, -0.2) is 4.98 Å². The maximum Gasteiger partial charge on any atom is 0.311 e. The molecule has 1 rings (SSSR count). The summed E-state index contributed by atoms with van der Waals surface area (Å²) in [5, 5.41) is 14.1. The number of hydrogen-bond acceptors (Lipinski definition) is 4. The van der Waals surface area contributed by atoms with Crippen LogP contribution in [0.5, 0.6) is 0 Å². The van der Waals surface area contributed by atoms with E-state index in [1.54, 1.807) is 19.2 Å². The number of anilines is 1. The van der Waals surface area contributed by atoms with E-state index < -0.39 is 0 Å². The van der Waals surface area contributed by atoms with Gasteiger partial charge in [-0.1, -0.05) is 33.1 Å². The minimum absolute atomic E-state index is 0.0605. The molecule has 0 spiro atoms. The zero-order valence-corrected chi connectivity index (χ0v) is 12.0. The number of nitro groups is 1. The predicted molar refractivity (Wildman–Crippen MR) is 77.4 cm³/mol. The highest BCUT2D eigenvalue weighted by Crippen LogP contribution is 2.23. The standard InChI is InChI=1S/C14H23N3O2/c1-4-6-7-12(5-2)10-16-14-13(17(18)19)8-11(3)9-15-14/h8-9,12H,4-7,10H2,1-3H3,(H,15,16). The Morgan fingerprint density at radius 1 is 1.47 bits per heavy atom. The molecule has 0 aromatic carbocycles. The third-order valence-corrected chi connectivity index (χ3v) is 3.30. The van der Waals surface area contributed by atoms with Gasteiger partial charge in [0.05, 0.1) is 4.92 Å². The fraction of sp³-hybridized carbons (Fsp3) is 0.643. The molecule has 1 atom stereocenters. The molecule has 0 fully saturated rings. The van der Waals surface area contributed by atoms with Crippen LogP contribution in [-0.2, 0) is 0 Å². The number of aryl methyl sites for hydroxylation is 1. The van der Waals surface area contributed by atoms with E-state index in [0.717, 1.165) is 24.9 Å². The van der Waals surface area contributed by atoms with Gasteiger partial charge in [0.1, 0.15) is 0 Å². The van der Waals surface area contributed by atoms with Gasteiger partial charge < -0.3 is 5.32 Å². The molecule has 0 saturated heterocycles. The Morgan fingerprint density at radius 2 is 2.21 bits per heavy atom. The van der Waals surface area contributed by atoms with Crippen molar-refractivity contribution >= 4 is 11.5 Å². The van der Waals surface area contributed by atoms with Crippen molar-refractivity contribution in [3.8, 4) is 0 Å². The van der Waals surface area contributed by atoms with Crippen molar-refractivity contribution in [2.24, 2.45) is 5.92 Å². The minimum Gasteiger partial charge on any atom is -0.364 e. The lowest BCUT2D eigenvalue weighted by molar-refractivity contribution is -0.384. The van der Waals surface area contributed by atoms with E-state index in [9.17, 15) is 10.1 Å². The van der Waals surface area contributed by atoms with Crippen molar-refractivity contribution in [2.45, 2.75) is 46.5 Å². The highest BCUT2D eigenvalue weighted by molar-refractivity contribution is 5.56. The topological polar surface area (TPSA) is 68.1 Å². The molecule has 0 aliphatic rings. The molecular formula is C14H23N3O2. The Balaban J connectivity index is 2.68. The molecule has 0 aliphatic carbocycles. The maximum absolute atomic E-state index is 11.0. The van der Waals surface area contributed by atoms with E-state index in [4.69, 9.17) is 0 Å². The maximum atomic E-state index is 11.0. The highest BCUT2D eigenvalue weighted by Gasteiger charge is 2.16. The van der Waals surface area contributed by atoms with Crippen molar-refractivity contribution in [3.05, 3.63) is 27.9 Å². The van der Waals surface area contributed by atoms with Crippen molar-refractivity contribution in [1.29, 1.82) is 0 Å². The molecule has 1 heterocycles. The van der Waals surface area contributed by atoms with Crippen LogP contribution in [0.4, 0.5) is 11.5 Å². The first-order chi connectivity index (χ1) is 9.08. The van der Waals surface area contributed by atoms with Gasteiger partial charge in [-0.05, 0) is 24.8 Å². The molecule has 106 valence electrons. The first-order valence-electron chi connectivity index (χ1n) is 6.93. The molecular weight excluding hydrogens is 242 g/mol. The second-order valence-electron chi connectivity index (χ2n) is 4.93. The third-order valence-electron chi connectivity index (χ3n) is 3.30. The summed E-state index contributed by atoms with van der Waals surface area (Å²) in [7, 11) is 0. The van der Waals surface area contributed by atoms with Crippen LogP contribution in [-0.4, -0.2) is 16.5 Å². The zero-order valence-electron chi connectivity index (χ0n) is 12.0. The lowest BCUT2D eigenvalue weighted by Crippen LogP contribution is -2.15. The molecule has 1 aromatic heterocycles. The molecule has 0 saturated carbocycles. The quantitative estimate of drug-likeness (QED) is 0.571. The average Bonchev–Trinajstić information content (AvgIpc) is 2.40. The van der Waals surface area contributed by atoms with Crippen molar-refractivity contribution in [1.82, 2.24) is 4.98 Å². The summed E-state index contributed by atoms with van der Waals surface area (Å²) in [5.74, 6) is 0.924. The molecule has 0 radical (unpaired) electrons. The van der Waals surface area contributed by atoms with Crippen LogP contribution in [0, 0.1) is 23.0 Å². The van der Waals surface area contributed by atoms with Crippen LogP contribution < -0.4 is 5.32 Å². The summed E-state index contributed by atoms with van der Waals surface area (Å²) >= 11 is 0. The number of nitrogens with one attached hydrogen (secondary N) is 1. The molecule has 0 bridgehead atoms. The second kappa shape index (κ2) is 7.71. The van der Waals surface area contributed by atoms with Gasteiger partial charge in [0.15, 0.2) is 0 Å². The fourth-order valence-corrected chi connectivity index (χ4v) is 2.01. The molecule has 0 aliphatic heterocycles. The number of unbranched alkanes of at least 4 members (excludes halogenated alkanes) is 1.